The van der Waals surface area contributed by atoms with Gasteiger partial charge in [-0.25, -0.2) is 0 Å². The molecule has 1 aromatic carbocycles. The van der Waals surface area contributed by atoms with Crippen LogP contribution in [0.15, 0.2) is 18.2 Å². The molecule has 0 saturated heterocycles. The first kappa shape index (κ1) is 11.4. The van der Waals surface area contributed by atoms with Crippen molar-refractivity contribution in [2.45, 2.75) is 32.4 Å². The van der Waals surface area contributed by atoms with E-state index in [9.17, 15) is 0 Å². The molecular weight excluding hydrogens is 200 g/mol. The molecule has 1 aromatic rings. The van der Waals surface area contributed by atoms with Gasteiger partial charge in [0.2, 0.25) is 0 Å². The minimum atomic E-state index is -0.278. The minimum Gasteiger partial charge on any atom is -0.392 e. The molecule has 1 aliphatic rings. The van der Waals surface area contributed by atoms with Crippen molar-refractivity contribution in [3.8, 4) is 0 Å². The largest absolute Gasteiger partial charge is 0.392 e. The predicted molar refractivity (Wildman–Crippen MR) is 66.6 cm³/mol. The van der Waals surface area contributed by atoms with Crippen LogP contribution >= 0.6 is 0 Å². The smallest absolute Gasteiger partial charge is 0.0636 e. The zero-order chi connectivity index (χ0) is 11.4. The molecule has 0 bridgehead atoms. The molecule has 3 nitrogen and oxygen atoms in total. The lowest BCUT2D eigenvalue weighted by Crippen LogP contribution is -2.24. The van der Waals surface area contributed by atoms with Gasteiger partial charge in [0.1, 0.15) is 0 Å². The van der Waals surface area contributed by atoms with Gasteiger partial charge in [-0.3, -0.25) is 0 Å². The van der Waals surface area contributed by atoms with Crippen molar-refractivity contribution in [2.24, 2.45) is 0 Å². The summed E-state index contributed by atoms with van der Waals surface area (Å²) in [6.45, 7) is 4.36. The number of fused-ring (bicyclic) bond motifs is 1. The molecule has 0 radical (unpaired) electrons. The van der Waals surface area contributed by atoms with Gasteiger partial charge < -0.3 is 15.7 Å². The van der Waals surface area contributed by atoms with E-state index in [0.29, 0.717) is 6.54 Å². The van der Waals surface area contributed by atoms with Crippen LogP contribution in [0.4, 0.5) is 5.69 Å². The first-order valence-corrected chi connectivity index (χ1v) is 6.00. The minimum absolute atomic E-state index is 0.278. The molecule has 1 heterocycles. The summed E-state index contributed by atoms with van der Waals surface area (Å²) in [5, 5.41) is 15.8. The second kappa shape index (κ2) is 5.32. The third-order valence-electron chi connectivity index (χ3n) is 2.88. The Bertz CT molecular complexity index is 350. The number of hydrogen-bond acceptors (Lipinski definition) is 3. The number of aliphatic hydroxyl groups is 1. The topological polar surface area (TPSA) is 44.3 Å². The number of aliphatic hydroxyl groups excluding tert-OH is 1. The van der Waals surface area contributed by atoms with E-state index in [1.807, 2.05) is 0 Å². The molecule has 1 aliphatic heterocycles. The Labute approximate surface area is 96.9 Å². The number of aryl methyl sites for hydroxylation is 1. The quantitative estimate of drug-likeness (QED) is 0.721. The number of hydrogen-bond donors (Lipinski definition) is 3. The van der Waals surface area contributed by atoms with Crippen molar-refractivity contribution in [1.82, 2.24) is 5.32 Å². The van der Waals surface area contributed by atoms with Crippen molar-refractivity contribution in [2.75, 3.05) is 18.4 Å². The molecule has 0 amide bonds. The third kappa shape index (κ3) is 2.97. The van der Waals surface area contributed by atoms with E-state index in [0.717, 1.165) is 13.1 Å². The predicted octanol–water partition coefficient (Wildman–Crippen LogP) is 1.52. The Kier molecular flexibility index (Phi) is 3.80. The Morgan fingerprint density at radius 1 is 1.50 bits per heavy atom. The third-order valence-corrected chi connectivity index (χ3v) is 2.88. The van der Waals surface area contributed by atoms with Gasteiger partial charge in [-0.2, -0.15) is 0 Å². The van der Waals surface area contributed by atoms with Crippen molar-refractivity contribution in [1.29, 1.82) is 0 Å². The number of anilines is 1. The fourth-order valence-electron chi connectivity index (χ4n) is 2.06. The van der Waals surface area contributed by atoms with Crippen molar-refractivity contribution in [3.05, 3.63) is 29.3 Å². The first-order chi connectivity index (χ1) is 7.75. The standard InChI is InChI=1S/C13H20N2O/c1-10(16)8-14-9-11-4-5-13-12(7-11)3-2-6-15-13/h4-5,7,10,14-16H,2-3,6,8-9H2,1H3/t10-/m1/s1. The van der Waals surface area contributed by atoms with E-state index in [2.05, 4.69) is 28.8 Å². The lowest BCUT2D eigenvalue weighted by atomic mass is 10.0. The summed E-state index contributed by atoms with van der Waals surface area (Å²) in [7, 11) is 0. The summed E-state index contributed by atoms with van der Waals surface area (Å²) in [4.78, 5) is 0. The van der Waals surface area contributed by atoms with Crippen molar-refractivity contribution < 1.29 is 5.11 Å². The molecule has 0 spiro atoms. The van der Waals surface area contributed by atoms with E-state index in [4.69, 9.17) is 5.11 Å². The molecule has 2 rings (SSSR count). The number of benzene rings is 1. The van der Waals surface area contributed by atoms with Gasteiger partial charge >= 0.3 is 0 Å². The lowest BCUT2D eigenvalue weighted by Gasteiger charge is -2.18. The normalized spacial score (nSPS) is 16.4. The number of rotatable bonds is 4. The van der Waals surface area contributed by atoms with E-state index in [-0.39, 0.29) is 6.10 Å². The summed E-state index contributed by atoms with van der Waals surface area (Å²) in [5.41, 5.74) is 4.00. The van der Waals surface area contributed by atoms with Crippen molar-refractivity contribution >= 4 is 5.69 Å². The molecule has 0 unspecified atom stereocenters. The maximum atomic E-state index is 9.15. The Morgan fingerprint density at radius 2 is 2.38 bits per heavy atom. The van der Waals surface area contributed by atoms with Gasteiger partial charge in [-0.1, -0.05) is 12.1 Å². The highest BCUT2D eigenvalue weighted by Crippen LogP contribution is 2.22. The van der Waals surface area contributed by atoms with E-state index in [1.54, 1.807) is 6.92 Å². The molecule has 0 fully saturated rings. The van der Waals surface area contributed by atoms with Gasteiger partial charge in [0.05, 0.1) is 6.10 Å². The van der Waals surface area contributed by atoms with Crippen LogP contribution in [0.1, 0.15) is 24.5 Å². The average Bonchev–Trinajstić information content (AvgIpc) is 2.28. The maximum Gasteiger partial charge on any atom is 0.0636 e. The second-order valence-electron chi connectivity index (χ2n) is 4.50. The molecule has 0 aromatic heterocycles. The Morgan fingerprint density at radius 3 is 3.19 bits per heavy atom. The van der Waals surface area contributed by atoms with E-state index < -0.39 is 0 Å². The van der Waals surface area contributed by atoms with Crippen LogP contribution in [0.3, 0.4) is 0 Å². The van der Waals surface area contributed by atoms with E-state index in [1.165, 1.54) is 29.7 Å². The maximum absolute atomic E-state index is 9.15. The summed E-state index contributed by atoms with van der Waals surface area (Å²) >= 11 is 0. The zero-order valence-corrected chi connectivity index (χ0v) is 9.79. The van der Waals surface area contributed by atoms with Crippen LogP contribution in [0.25, 0.3) is 0 Å². The zero-order valence-electron chi connectivity index (χ0n) is 9.79. The van der Waals surface area contributed by atoms with Gasteiger partial charge in [0, 0.05) is 25.3 Å². The summed E-state index contributed by atoms with van der Waals surface area (Å²) in [5.74, 6) is 0. The van der Waals surface area contributed by atoms with Crippen LogP contribution in [-0.4, -0.2) is 24.3 Å². The van der Waals surface area contributed by atoms with Crippen LogP contribution in [0, 0.1) is 0 Å². The Hall–Kier alpha value is -1.06. The molecule has 0 aliphatic carbocycles. The summed E-state index contributed by atoms with van der Waals surface area (Å²) in [6, 6.07) is 6.57. The molecule has 3 heteroatoms. The molecule has 16 heavy (non-hydrogen) atoms. The SMILES string of the molecule is C[C@@H](O)CNCc1ccc2c(c1)CCCN2. The van der Waals surface area contributed by atoms with Crippen LogP contribution in [0.2, 0.25) is 0 Å². The van der Waals surface area contributed by atoms with Gasteiger partial charge in [0.15, 0.2) is 0 Å². The fourth-order valence-corrected chi connectivity index (χ4v) is 2.06. The van der Waals surface area contributed by atoms with Crippen LogP contribution < -0.4 is 10.6 Å². The molecular formula is C13H20N2O. The summed E-state index contributed by atoms with van der Waals surface area (Å²) < 4.78 is 0. The molecule has 1 atom stereocenters. The van der Waals surface area contributed by atoms with Crippen LogP contribution in [0.5, 0.6) is 0 Å². The van der Waals surface area contributed by atoms with Gasteiger partial charge in [0.25, 0.3) is 0 Å². The molecule has 88 valence electrons. The fraction of sp³-hybridized carbons (Fsp3) is 0.538. The highest BCUT2D eigenvalue weighted by Gasteiger charge is 2.08. The summed E-state index contributed by atoms with van der Waals surface area (Å²) in [6.07, 6.45) is 2.11. The highest BCUT2D eigenvalue weighted by atomic mass is 16.3. The van der Waals surface area contributed by atoms with Gasteiger partial charge in [-0.15, -0.1) is 0 Å². The average molecular weight is 220 g/mol. The first-order valence-electron chi connectivity index (χ1n) is 6.00. The molecule has 0 saturated carbocycles. The van der Waals surface area contributed by atoms with Gasteiger partial charge in [-0.05, 0) is 37.0 Å². The van der Waals surface area contributed by atoms with Crippen LogP contribution in [-0.2, 0) is 13.0 Å². The lowest BCUT2D eigenvalue weighted by molar-refractivity contribution is 0.191. The van der Waals surface area contributed by atoms with Crippen molar-refractivity contribution in [3.63, 3.8) is 0 Å². The van der Waals surface area contributed by atoms with E-state index >= 15 is 0 Å². The number of nitrogens with one attached hydrogen (secondary N) is 2. The monoisotopic (exact) mass is 220 g/mol. The Balaban J connectivity index is 1.95. The second-order valence-corrected chi connectivity index (χ2v) is 4.50. The highest BCUT2D eigenvalue weighted by molar-refractivity contribution is 5.54. The molecule has 3 N–H and O–H groups in total.